The number of rotatable bonds is 7. The van der Waals surface area contributed by atoms with Crippen LogP contribution in [-0.2, 0) is 9.53 Å². The molecule has 1 amide bonds. The van der Waals surface area contributed by atoms with E-state index in [1.165, 1.54) is 0 Å². The van der Waals surface area contributed by atoms with E-state index in [1.54, 1.807) is 14.2 Å². The maximum atomic E-state index is 11.4. The Morgan fingerprint density at radius 1 is 1.41 bits per heavy atom. The van der Waals surface area contributed by atoms with Crippen LogP contribution >= 0.6 is 0 Å². The lowest BCUT2D eigenvalue weighted by molar-refractivity contribution is -0.120. The molecular weight excluding hydrogens is 220 g/mol. The van der Waals surface area contributed by atoms with Gasteiger partial charge in [-0.2, -0.15) is 0 Å². The van der Waals surface area contributed by atoms with Crippen LogP contribution < -0.4 is 16.0 Å². The van der Waals surface area contributed by atoms with Crippen LogP contribution in [0, 0.1) is 0 Å². The van der Waals surface area contributed by atoms with Crippen LogP contribution in [0.25, 0.3) is 0 Å². The van der Waals surface area contributed by atoms with E-state index in [4.69, 9.17) is 4.74 Å². The van der Waals surface area contributed by atoms with E-state index < -0.39 is 0 Å². The molecule has 100 valence electrons. The van der Waals surface area contributed by atoms with Gasteiger partial charge < -0.3 is 20.7 Å². The predicted octanol–water partition coefficient (Wildman–Crippen LogP) is -0.287. The second-order valence-electron chi connectivity index (χ2n) is 3.72. The number of nitrogens with one attached hydrogen (secondary N) is 3. The van der Waals surface area contributed by atoms with Crippen molar-refractivity contribution in [3.63, 3.8) is 0 Å². The van der Waals surface area contributed by atoms with Gasteiger partial charge in [0.05, 0.1) is 13.2 Å². The number of amides is 1. The molecule has 0 aliphatic carbocycles. The zero-order chi connectivity index (χ0) is 13.1. The van der Waals surface area contributed by atoms with Crippen molar-refractivity contribution in [2.75, 3.05) is 33.9 Å². The molecule has 0 spiro atoms. The smallest absolute Gasteiger partial charge is 0.239 e. The second kappa shape index (κ2) is 9.89. The molecule has 0 radical (unpaired) electrons. The Morgan fingerprint density at radius 2 is 2.12 bits per heavy atom. The first-order chi connectivity index (χ1) is 8.13. The first kappa shape index (κ1) is 15.7. The summed E-state index contributed by atoms with van der Waals surface area (Å²) in [5, 5.41) is 8.84. The maximum absolute atomic E-state index is 11.4. The van der Waals surface area contributed by atoms with Gasteiger partial charge in [0.1, 0.15) is 0 Å². The van der Waals surface area contributed by atoms with Crippen molar-refractivity contribution in [3.8, 4) is 0 Å². The summed E-state index contributed by atoms with van der Waals surface area (Å²) in [5.74, 6) is 0.565. The highest BCUT2D eigenvalue weighted by atomic mass is 16.5. The molecule has 1 unspecified atom stereocenters. The van der Waals surface area contributed by atoms with Gasteiger partial charge in [-0.1, -0.05) is 6.92 Å². The van der Waals surface area contributed by atoms with Crippen LogP contribution in [0.5, 0.6) is 0 Å². The summed E-state index contributed by atoms with van der Waals surface area (Å²) in [6.07, 6.45) is 1.00. The van der Waals surface area contributed by atoms with Crippen LogP contribution in [-0.4, -0.2) is 51.8 Å². The number of hydrogen-bond donors (Lipinski definition) is 3. The lowest BCUT2D eigenvalue weighted by Crippen LogP contribution is -2.46. The summed E-state index contributed by atoms with van der Waals surface area (Å²) < 4.78 is 4.83. The average Bonchev–Trinajstić information content (AvgIpc) is 2.34. The number of aliphatic imine (C=N–C) groups is 1. The van der Waals surface area contributed by atoms with E-state index >= 15 is 0 Å². The van der Waals surface area contributed by atoms with Crippen LogP contribution in [0.3, 0.4) is 0 Å². The van der Waals surface area contributed by atoms with Crippen LogP contribution in [0.15, 0.2) is 4.99 Å². The molecule has 0 aliphatic heterocycles. The third kappa shape index (κ3) is 8.50. The van der Waals surface area contributed by atoms with Gasteiger partial charge in [-0.3, -0.25) is 9.79 Å². The minimum Gasteiger partial charge on any atom is -0.383 e. The lowest BCUT2D eigenvalue weighted by atomic mass is 10.3. The summed E-state index contributed by atoms with van der Waals surface area (Å²) in [4.78, 5) is 15.4. The molecule has 0 aliphatic rings. The number of ether oxygens (including phenoxy) is 1. The van der Waals surface area contributed by atoms with Gasteiger partial charge in [0.2, 0.25) is 5.91 Å². The van der Waals surface area contributed by atoms with E-state index in [0.717, 1.165) is 6.42 Å². The highest BCUT2D eigenvalue weighted by Crippen LogP contribution is 1.86. The third-order valence-electron chi connectivity index (χ3n) is 2.26. The number of carbonyl (C=O) groups excluding carboxylic acids is 1. The van der Waals surface area contributed by atoms with E-state index in [9.17, 15) is 4.79 Å². The fourth-order valence-corrected chi connectivity index (χ4v) is 1.05. The molecule has 0 heterocycles. The SMILES string of the molecule is CCC(C)NC(=NC)NCC(=O)NCCOC. The van der Waals surface area contributed by atoms with Crippen molar-refractivity contribution in [3.05, 3.63) is 0 Å². The quantitative estimate of drug-likeness (QED) is 0.327. The molecule has 0 saturated heterocycles. The average molecular weight is 244 g/mol. The third-order valence-corrected chi connectivity index (χ3v) is 2.26. The van der Waals surface area contributed by atoms with E-state index in [-0.39, 0.29) is 12.5 Å². The summed E-state index contributed by atoms with van der Waals surface area (Å²) >= 11 is 0. The van der Waals surface area contributed by atoms with Crippen LogP contribution in [0.1, 0.15) is 20.3 Å². The van der Waals surface area contributed by atoms with Gasteiger partial charge in [0.15, 0.2) is 5.96 Å². The number of methoxy groups -OCH3 is 1. The molecule has 17 heavy (non-hydrogen) atoms. The summed E-state index contributed by atoms with van der Waals surface area (Å²) in [6.45, 7) is 5.40. The second-order valence-corrected chi connectivity index (χ2v) is 3.72. The largest absolute Gasteiger partial charge is 0.383 e. The molecule has 3 N–H and O–H groups in total. The van der Waals surface area contributed by atoms with Gasteiger partial charge in [0, 0.05) is 26.7 Å². The van der Waals surface area contributed by atoms with Crippen LogP contribution in [0.2, 0.25) is 0 Å². The van der Waals surface area contributed by atoms with E-state index in [1.807, 2.05) is 0 Å². The summed E-state index contributed by atoms with van der Waals surface area (Å²) in [5.41, 5.74) is 0. The van der Waals surface area contributed by atoms with Crippen molar-refractivity contribution in [2.24, 2.45) is 4.99 Å². The number of carbonyl (C=O) groups is 1. The monoisotopic (exact) mass is 244 g/mol. The lowest BCUT2D eigenvalue weighted by Gasteiger charge is -2.16. The van der Waals surface area contributed by atoms with Crippen molar-refractivity contribution in [1.29, 1.82) is 0 Å². The Hall–Kier alpha value is -1.30. The van der Waals surface area contributed by atoms with E-state index in [2.05, 4.69) is 34.8 Å². The minimum absolute atomic E-state index is 0.0749. The first-order valence-corrected chi connectivity index (χ1v) is 5.86. The Morgan fingerprint density at radius 3 is 2.65 bits per heavy atom. The van der Waals surface area contributed by atoms with Crippen molar-refractivity contribution >= 4 is 11.9 Å². The molecule has 0 rings (SSSR count). The Balaban J connectivity index is 3.79. The van der Waals surface area contributed by atoms with Gasteiger partial charge in [-0.15, -0.1) is 0 Å². The van der Waals surface area contributed by atoms with Crippen molar-refractivity contribution in [2.45, 2.75) is 26.3 Å². The highest BCUT2D eigenvalue weighted by Gasteiger charge is 2.05. The molecule has 6 heteroatoms. The summed E-state index contributed by atoms with van der Waals surface area (Å²) in [7, 11) is 3.28. The molecule has 0 saturated carbocycles. The first-order valence-electron chi connectivity index (χ1n) is 5.86. The number of hydrogen-bond acceptors (Lipinski definition) is 3. The van der Waals surface area contributed by atoms with Crippen molar-refractivity contribution in [1.82, 2.24) is 16.0 Å². The fraction of sp³-hybridized carbons (Fsp3) is 0.818. The van der Waals surface area contributed by atoms with Gasteiger partial charge in [0.25, 0.3) is 0 Å². The molecule has 0 bridgehead atoms. The van der Waals surface area contributed by atoms with Crippen molar-refractivity contribution < 1.29 is 9.53 Å². The molecule has 0 aromatic carbocycles. The Kier molecular flexibility index (Phi) is 9.14. The molecule has 0 fully saturated rings. The standard InChI is InChI=1S/C11H24N4O2/c1-5-9(2)15-11(12-3)14-8-10(16)13-6-7-17-4/h9H,5-8H2,1-4H3,(H,13,16)(H2,12,14,15). The molecule has 6 nitrogen and oxygen atoms in total. The molecule has 0 aromatic rings. The Labute approximate surface area is 103 Å². The molecule has 1 atom stereocenters. The van der Waals surface area contributed by atoms with E-state index in [0.29, 0.717) is 25.2 Å². The maximum Gasteiger partial charge on any atom is 0.239 e. The number of guanidine groups is 1. The summed E-state index contributed by atoms with van der Waals surface area (Å²) in [6, 6.07) is 0.331. The normalized spacial score (nSPS) is 13.1. The zero-order valence-electron chi connectivity index (χ0n) is 11.2. The molecular formula is C11H24N4O2. The van der Waals surface area contributed by atoms with Gasteiger partial charge in [-0.05, 0) is 13.3 Å². The van der Waals surface area contributed by atoms with Crippen LogP contribution in [0.4, 0.5) is 0 Å². The van der Waals surface area contributed by atoms with Gasteiger partial charge >= 0.3 is 0 Å². The number of nitrogens with zero attached hydrogens (tertiary/aromatic N) is 1. The highest BCUT2D eigenvalue weighted by molar-refractivity contribution is 5.86. The minimum atomic E-state index is -0.0749. The molecule has 0 aromatic heterocycles. The zero-order valence-corrected chi connectivity index (χ0v) is 11.2. The topological polar surface area (TPSA) is 74.8 Å². The predicted molar refractivity (Wildman–Crippen MR) is 69.1 cm³/mol. The Bertz CT molecular complexity index is 244. The van der Waals surface area contributed by atoms with Gasteiger partial charge in [-0.25, -0.2) is 0 Å². The fourth-order valence-electron chi connectivity index (χ4n) is 1.05.